The van der Waals surface area contributed by atoms with Crippen LogP contribution in [0.3, 0.4) is 0 Å². The lowest BCUT2D eigenvalue weighted by Gasteiger charge is -2.13. The molecule has 0 aliphatic rings. The van der Waals surface area contributed by atoms with E-state index in [0.29, 0.717) is 16.4 Å². The van der Waals surface area contributed by atoms with Crippen molar-refractivity contribution in [1.29, 1.82) is 0 Å². The number of hydrogen-bond acceptors (Lipinski definition) is 1. The van der Waals surface area contributed by atoms with Crippen LogP contribution in [0, 0.1) is 18.3 Å². The highest BCUT2D eigenvalue weighted by Crippen LogP contribution is 2.14. The molecule has 2 heteroatoms. The zero-order chi connectivity index (χ0) is 7.28. The van der Waals surface area contributed by atoms with Gasteiger partial charge < -0.3 is 5.73 Å². The molecule has 0 saturated heterocycles. The molecule has 2 atom stereocenters. The fourth-order valence-electron chi connectivity index (χ4n) is 0.585. The highest BCUT2D eigenvalue weighted by molar-refractivity contribution is 14.1. The van der Waals surface area contributed by atoms with Crippen LogP contribution in [0.2, 0.25) is 0 Å². The molecule has 1 nitrogen and oxygen atoms in total. The summed E-state index contributed by atoms with van der Waals surface area (Å²) in [6.45, 7) is 2.84. The second-order valence-corrected chi connectivity index (χ2v) is 4.05. The largest absolute Gasteiger partial charge is 0.330 e. The smallest absolute Gasteiger partial charge is 0.0136 e. The van der Waals surface area contributed by atoms with E-state index < -0.39 is 0 Å². The third kappa shape index (κ3) is 3.77. The zero-order valence-electron chi connectivity index (χ0n) is 5.60. The van der Waals surface area contributed by atoms with E-state index >= 15 is 0 Å². The third-order valence-corrected chi connectivity index (χ3v) is 2.35. The fraction of sp³-hybridized carbons (Fsp3) is 0.714. The predicted molar refractivity (Wildman–Crippen MR) is 49.5 cm³/mol. The van der Waals surface area contributed by atoms with Gasteiger partial charge in [0.15, 0.2) is 0 Å². The Morgan fingerprint density at radius 2 is 2.33 bits per heavy atom. The Bertz CT molecular complexity index is 104. The molecule has 0 saturated carbocycles. The Balaban J connectivity index is 3.57. The minimum absolute atomic E-state index is 0.496. The van der Waals surface area contributed by atoms with E-state index in [0.717, 1.165) is 6.42 Å². The summed E-state index contributed by atoms with van der Waals surface area (Å²) in [5, 5.41) is 0. The number of alkyl halides is 1. The van der Waals surface area contributed by atoms with E-state index in [9.17, 15) is 0 Å². The maximum atomic E-state index is 5.46. The first-order chi connectivity index (χ1) is 4.22. The van der Waals surface area contributed by atoms with Gasteiger partial charge in [-0.05, 0) is 12.5 Å². The Hall–Kier alpha value is 0.250. The molecular formula is C7H12IN. The molecule has 52 valence electrons. The van der Waals surface area contributed by atoms with Crippen LogP contribution in [0.15, 0.2) is 0 Å². The average Bonchev–Trinajstić information content (AvgIpc) is 1.82. The molecule has 2 N–H and O–H groups in total. The third-order valence-electron chi connectivity index (χ3n) is 1.33. The van der Waals surface area contributed by atoms with Crippen molar-refractivity contribution in [1.82, 2.24) is 0 Å². The summed E-state index contributed by atoms with van der Waals surface area (Å²) in [6.07, 6.45) is 5.94. The van der Waals surface area contributed by atoms with Crippen molar-refractivity contribution in [3.05, 3.63) is 0 Å². The van der Waals surface area contributed by atoms with Gasteiger partial charge in [-0.15, -0.1) is 12.3 Å². The van der Waals surface area contributed by atoms with Crippen LogP contribution in [-0.2, 0) is 0 Å². The lowest BCUT2D eigenvalue weighted by Crippen LogP contribution is -2.20. The van der Waals surface area contributed by atoms with E-state index in [2.05, 4.69) is 35.4 Å². The number of hydrogen-bond donors (Lipinski definition) is 1. The maximum Gasteiger partial charge on any atom is 0.0136 e. The van der Waals surface area contributed by atoms with Gasteiger partial charge in [0, 0.05) is 10.3 Å². The van der Waals surface area contributed by atoms with Gasteiger partial charge in [0.25, 0.3) is 0 Å². The van der Waals surface area contributed by atoms with Crippen LogP contribution in [0.5, 0.6) is 0 Å². The van der Waals surface area contributed by atoms with Crippen LogP contribution in [0.4, 0.5) is 0 Å². The van der Waals surface area contributed by atoms with E-state index in [-0.39, 0.29) is 0 Å². The SMILES string of the molecule is C#CCC(CN)C(C)I. The molecule has 9 heavy (non-hydrogen) atoms. The van der Waals surface area contributed by atoms with Gasteiger partial charge in [-0.1, -0.05) is 29.5 Å². The molecule has 0 aromatic rings. The van der Waals surface area contributed by atoms with Gasteiger partial charge >= 0.3 is 0 Å². The Morgan fingerprint density at radius 3 is 2.44 bits per heavy atom. The van der Waals surface area contributed by atoms with Gasteiger partial charge in [-0.25, -0.2) is 0 Å². The maximum absolute atomic E-state index is 5.46. The standard InChI is InChI=1S/C7H12IN/c1-3-4-7(5-9)6(2)8/h1,6-7H,4-5,9H2,2H3. The summed E-state index contributed by atoms with van der Waals surface area (Å²) in [5.41, 5.74) is 5.46. The molecule has 0 rings (SSSR count). The van der Waals surface area contributed by atoms with Gasteiger partial charge in [0.2, 0.25) is 0 Å². The topological polar surface area (TPSA) is 26.0 Å². The summed E-state index contributed by atoms with van der Waals surface area (Å²) >= 11 is 2.35. The molecule has 2 unspecified atom stereocenters. The number of halogens is 1. The van der Waals surface area contributed by atoms with Crippen LogP contribution < -0.4 is 5.73 Å². The molecule has 0 fully saturated rings. The fourth-order valence-corrected chi connectivity index (χ4v) is 1.13. The van der Waals surface area contributed by atoms with Gasteiger partial charge in [-0.2, -0.15) is 0 Å². The molecule has 0 aromatic heterocycles. The van der Waals surface area contributed by atoms with Crippen molar-refractivity contribution in [3.8, 4) is 12.3 Å². The molecule has 0 aliphatic heterocycles. The summed E-state index contributed by atoms with van der Waals surface area (Å²) in [4.78, 5) is 0. The zero-order valence-corrected chi connectivity index (χ0v) is 7.76. The molecule has 0 spiro atoms. The first-order valence-electron chi connectivity index (χ1n) is 3.00. The summed E-state index contributed by atoms with van der Waals surface area (Å²) in [5.74, 6) is 3.11. The molecule has 0 radical (unpaired) electrons. The first-order valence-corrected chi connectivity index (χ1v) is 4.24. The van der Waals surface area contributed by atoms with Gasteiger partial charge in [0.05, 0.1) is 0 Å². The summed E-state index contributed by atoms with van der Waals surface area (Å²) in [7, 11) is 0. The monoisotopic (exact) mass is 237 g/mol. The van der Waals surface area contributed by atoms with E-state index in [1.807, 2.05) is 0 Å². The Morgan fingerprint density at radius 1 is 1.78 bits per heavy atom. The lowest BCUT2D eigenvalue weighted by molar-refractivity contribution is 0.563. The molecule has 0 heterocycles. The molecular weight excluding hydrogens is 225 g/mol. The van der Waals surface area contributed by atoms with Crippen LogP contribution in [0.1, 0.15) is 13.3 Å². The minimum Gasteiger partial charge on any atom is -0.330 e. The quantitative estimate of drug-likeness (QED) is 0.448. The van der Waals surface area contributed by atoms with Crippen molar-refractivity contribution in [2.24, 2.45) is 11.7 Å². The first kappa shape index (κ1) is 9.25. The Kier molecular flexibility index (Phi) is 5.21. The van der Waals surface area contributed by atoms with Crippen molar-refractivity contribution in [2.75, 3.05) is 6.54 Å². The van der Waals surface area contributed by atoms with Crippen molar-refractivity contribution >= 4 is 22.6 Å². The molecule has 0 bridgehead atoms. The van der Waals surface area contributed by atoms with E-state index in [1.165, 1.54) is 0 Å². The number of nitrogens with two attached hydrogens (primary N) is 1. The highest BCUT2D eigenvalue weighted by Gasteiger charge is 2.09. The lowest BCUT2D eigenvalue weighted by atomic mass is 10.0. The highest BCUT2D eigenvalue weighted by atomic mass is 127. The molecule has 0 aromatic carbocycles. The second-order valence-electron chi connectivity index (χ2n) is 2.08. The molecule has 0 aliphatic carbocycles. The van der Waals surface area contributed by atoms with Crippen molar-refractivity contribution < 1.29 is 0 Å². The summed E-state index contributed by atoms with van der Waals surface area (Å²) in [6, 6.07) is 0. The normalized spacial score (nSPS) is 16.2. The van der Waals surface area contributed by atoms with Gasteiger partial charge in [-0.3, -0.25) is 0 Å². The minimum atomic E-state index is 0.496. The Labute approximate surface area is 70.5 Å². The van der Waals surface area contributed by atoms with Crippen LogP contribution in [0.25, 0.3) is 0 Å². The van der Waals surface area contributed by atoms with Gasteiger partial charge in [0.1, 0.15) is 0 Å². The number of rotatable bonds is 3. The average molecular weight is 237 g/mol. The predicted octanol–water partition coefficient (Wildman–Crippen LogP) is 1.41. The van der Waals surface area contributed by atoms with E-state index in [1.54, 1.807) is 0 Å². The van der Waals surface area contributed by atoms with Crippen molar-refractivity contribution in [2.45, 2.75) is 17.3 Å². The second kappa shape index (κ2) is 5.07. The summed E-state index contributed by atoms with van der Waals surface area (Å²) < 4.78 is 0.587. The van der Waals surface area contributed by atoms with Crippen molar-refractivity contribution in [3.63, 3.8) is 0 Å². The van der Waals surface area contributed by atoms with Crippen LogP contribution >= 0.6 is 22.6 Å². The van der Waals surface area contributed by atoms with Crippen LogP contribution in [-0.4, -0.2) is 10.5 Å². The molecule has 0 amide bonds. The van der Waals surface area contributed by atoms with E-state index in [4.69, 9.17) is 12.2 Å². The number of terminal acetylenes is 1.